The zero-order valence-electron chi connectivity index (χ0n) is 15.5. The molecule has 0 amide bonds. The van der Waals surface area contributed by atoms with E-state index in [-0.39, 0.29) is 6.10 Å². The number of methoxy groups -OCH3 is 1. The van der Waals surface area contributed by atoms with Gasteiger partial charge in [-0.15, -0.1) is 0 Å². The number of aliphatic hydroxyl groups is 1. The molecule has 134 valence electrons. The molecule has 0 aliphatic carbocycles. The minimum absolute atomic E-state index is 0.0902. The first-order chi connectivity index (χ1) is 11.9. The normalized spacial score (nSPS) is 16.7. The lowest BCUT2D eigenvalue weighted by molar-refractivity contribution is 0.197. The van der Waals surface area contributed by atoms with Gasteiger partial charge in [0.25, 0.3) is 0 Å². The van der Waals surface area contributed by atoms with E-state index in [2.05, 4.69) is 13.8 Å². The van der Waals surface area contributed by atoms with Crippen LogP contribution in [0.4, 0.5) is 0 Å². The molecule has 0 radical (unpaired) electrons. The fourth-order valence-electron chi connectivity index (χ4n) is 3.05. The van der Waals surface area contributed by atoms with Gasteiger partial charge in [0.2, 0.25) is 0 Å². The monoisotopic (exact) mass is 342 g/mol. The SMILES string of the molecule is COc1cc2c(cc1OCC(C)C)OC(C)c1cc([C@H](C)O)ccc1-2. The second-order valence-electron chi connectivity index (χ2n) is 6.99. The van der Waals surface area contributed by atoms with E-state index in [1.807, 2.05) is 37.3 Å². The maximum absolute atomic E-state index is 9.85. The summed E-state index contributed by atoms with van der Waals surface area (Å²) in [6, 6.07) is 9.91. The number of aliphatic hydroxyl groups excluding tert-OH is 1. The average Bonchev–Trinajstić information content (AvgIpc) is 2.59. The molecule has 1 heterocycles. The summed E-state index contributed by atoms with van der Waals surface area (Å²) in [6.45, 7) is 8.63. The maximum atomic E-state index is 9.85. The van der Waals surface area contributed by atoms with Crippen LogP contribution in [0.3, 0.4) is 0 Å². The number of hydrogen-bond donors (Lipinski definition) is 1. The van der Waals surface area contributed by atoms with Crippen molar-refractivity contribution in [3.63, 3.8) is 0 Å². The first kappa shape index (κ1) is 17.6. The smallest absolute Gasteiger partial charge is 0.164 e. The maximum Gasteiger partial charge on any atom is 0.164 e. The van der Waals surface area contributed by atoms with Crippen molar-refractivity contribution >= 4 is 0 Å². The van der Waals surface area contributed by atoms with Gasteiger partial charge < -0.3 is 19.3 Å². The molecule has 4 heteroatoms. The fourth-order valence-corrected chi connectivity index (χ4v) is 3.05. The molecule has 0 saturated heterocycles. The zero-order valence-corrected chi connectivity index (χ0v) is 15.5. The molecule has 0 fully saturated rings. The third-order valence-corrected chi connectivity index (χ3v) is 4.43. The molecule has 1 unspecified atom stereocenters. The third-order valence-electron chi connectivity index (χ3n) is 4.43. The first-order valence-electron chi connectivity index (χ1n) is 8.74. The van der Waals surface area contributed by atoms with E-state index in [1.54, 1.807) is 14.0 Å². The van der Waals surface area contributed by atoms with Crippen molar-refractivity contribution in [2.24, 2.45) is 5.92 Å². The molecule has 1 N–H and O–H groups in total. The summed E-state index contributed by atoms with van der Waals surface area (Å²) >= 11 is 0. The van der Waals surface area contributed by atoms with E-state index in [9.17, 15) is 5.11 Å². The third kappa shape index (κ3) is 3.45. The lowest BCUT2D eigenvalue weighted by Gasteiger charge is -2.28. The molecule has 0 saturated carbocycles. The first-order valence-corrected chi connectivity index (χ1v) is 8.74. The van der Waals surface area contributed by atoms with Crippen molar-refractivity contribution < 1.29 is 19.3 Å². The Balaban J connectivity index is 2.06. The van der Waals surface area contributed by atoms with E-state index in [4.69, 9.17) is 14.2 Å². The lowest BCUT2D eigenvalue weighted by Crippen LogP contribution is -2.13. The highest BCUT2D eigenvalue weighted by atomic mass is 16.5. The van der Waals surface area contributed by atoms with E-state index in [1.165, 1.54) is 0 Å². The van der Waals surface area contributed by atoms with Crippen molar-refractivity contribution in [3.05, 3.63) is 41.5 Å². The number of hydrogen-bond acceptors (Lipinski definition) is 4. The number of fused-ring (bicyclic) bond motifs is 3. The van der Waals surface area contributed by atoms with Crippen LogP contribution in [0.1, 0.15) is 51.0 Å². The molecule has 2 aromatic rings. The van der Waals surface area contributed by atoms with Gasteiger partial charge in [-0.2, -0.15) is 0 Å². The Kier molecular flexibility index (Phi) is 4.91. The van der Waals surface area contributed by atoms with Gasteiger partial charge >= 0.3 is 0 Å². The van der Waals surface area contributed by atoms with Gasteiger partial charge in [0.05, 0.1) is 19.8 Å². The van der Waals surface area contributed by atoms with Crippen molar-refractivity contribution in [1.82, 2.24) is 0 Å². The van der Waals surface area contributed by atoms with E-state index in [0.29, 0.717) is 24.0 Å². The van der Waals surface area contributed by atoms with Gasteiger partial charge in [0, 0.05) is 17.2 Å². The highest BCUT2D eigenvalue weighted by Crippen LogP contribution is 2.47. The van der Waals surface area contributed by atoms with Gasteiger partial charge in [-0.1, -0.05) is 26.0 Å². The predicted molar refractivity (Wildman–Crippen MR) is 98.4 cm³/mol. The largest absolute Gasteiger partial charge is 0.493 e. The van der Waals surface area contributed by atoms with E-state index >= 15 is 0 Å². The highest BCUT2D eigenvalue weighted by molar-refractivity contribution is 5.79. The van der Waals surface area contributed by atoms with E-state index < -0.39 is 6.10 Å². The van der Waals surface area contributed by atoms with Crippen LogP contribution >= 0.6 is 0 Å². The van der Waals surface area contributed by atoms with E-state index in [0.717, 1.165) is 28.0 Å². The summed E-state index contributed by atoms with van der Waals surface area (Å²) in [5.74, 6) is 2.62. The van der Waals surface area contributed by atoms with Crippen LogP contribution in [0.5, 0.6) is 17.2 Å². The molecule has 0 spiro atoms. The molecule has 25 heavy (non-hydrogen) atoms. The minimum Gasteiger partial charge on any atom is -0.493 e. The van der Waals surface area contributed by atoms with Crippen LogP contribution in [0.25, 0.3) is 11.1 Å². The van der Waals surface area contributed by atoms with Gasteiger partial charge in [-0.05, 0) is 43.0 Å². The van der Waals surface area contributed by atoms with Crippen LogP contribution in [-0.4, -0.2) is 18.8 Å². The molecule has 1 aliphatic heterocycles. The predicted octanol–water partition coefficient (Wildman–Crippen LogP) is 4.90. The Labute approximate surface area is 149 Å². The van der Waals surface area contributed by atoms with Gasteiger partial charge in [0.15, 0.2) is 11.5 Å². The highest BCUT2D eigenvalue weighted by Gasteiger charge is 2.26. The van der Waals surface area contributed by atoms with Gasteiger partial charge in [-0.25, -0.2) is 0 Å². The quantitative estimate of drug-likeness (QED) is 0.839. The Morgan fingerprint density at radius 3 is 2.48 bits per heavy atom. The van der Waals surface area contributed by atoms with Gasteiger partial charge in [-0.3, -0.25) is 0 Å². The summed E-state index contributed by atoms with van der Waals surface area (Å²) in [5, 5.41) is 9.85. The Morgan fingerprint density at radius 1 is 1.08 bits per heavy atom. The molecule has 0 bridgehead atoms. The molecular formula is C21H26O4. The van der Waals surface area contributed by atoms with Crippen LogP contribution in [-0.2, 0) is 0 Å². The average molecular weight is 342 g/mol. The number of benzene rings is 2. The standard InChI is InChI=1S/C21H26O4/c1-12(2)11-24-21-10-19-18(9-20(21)23-5)16-7-6-15(13(3)22)8-17(16)14(4)25-19/h6-10,12-14,22H,11H2,1-5H3/t13-,14?/m0/s1. The van der Waals surface area contributed by atoms with Crippen LogP contribution < -0.4 is 14.2 Å². The molecule has 4 nitrogen and oxygen atoms in total. The lowest BCUT2D eigenvalue weighted by atomic mass is 9.90. The summed E-state index contributed by atoms with van der Waals surface area (Å²) in [5.41, 5.74) is 4.05. The topological polar surface area (TPSA) is 47.9 Å². The number of ether oxygens (including phenoxy) is 3. The molecule has 2 atom stereocenters. The molecule has 2 aromatic carbocycles. The zero-order chi connectivity index (χ0) is 18.1. The second-order valence-corrected chi connectivity index (χ2v) is 6.99. The Morgan fingerprint density at radius 2 is 1.84 bits per heavy atom. The summed E-state index contributed by atoms with van der Waals surface area (Å²) < 4.78 is 17.5. The van der Waals surface area contributed by atoms with Crippen molar-refractivity contribution in [2.75, 3.05) is 13.7 Å². The van der Waals surface area contributed by atoms with Crippen LogP contribution in [0, 0.1) is 5.92 Å². The Bertz CT molecular complexity index is 765. The van der Waals surface area contributed by atoms with Crippen LogP contribution in [0.2, 0.25) is 0 Å². The van der Waals surface area contributed by atoms with Crippen molar-refractivity contribution in [1.29, 1.82) is 0 Å². The summed E-state index contributed by atoms with van der Waals surface area (Å²) in [6.07, 6.45) is -0.590. The molecular weight excluding hydrogens is 316 g/mol. The van der Waals surface area contributed by atoms with Gasteiger partial charge in [0.1, 0.15) is 11.9 Å². The molecule has 1 aliphatic rings. The second kappa shape index (κ2) is 6.96. The summed E-state index contributed by atoms with van der Waals surface area (Å²) in [4.78, 5) is 0. The van der Waals surface area contributed by atoms with Crippen molar-refractivity contribution in [2.45, 2.75) is 39.9 Å². The molecule has 0 aromatic heterocycles. The molecule has 3 rings (SSSR count). The number of rotatable bonds is 5. The van der Waals surface area contributed by atoms with Crippen LogP contribution in [0.15, 0.2) is 30.3 Å². The fraction of sp³-hybridized carbons (Fsp3) is 0.429. The minimum atomic E-state index is -0.500. The Hall–Kier alpha value is -2.20. The van der Waals surface area contributed by atoms with Crippen molar-refractivity contribution in [3.8, 4) is 28.4 Å². The summed E-state index contributed by atoms with van der Waals surface area (Å²) in [7, 11) is 1.65.